The van der Waals surface area contributed by atoms with Gasteiger partial charge in [0, 0.05) is 0 Å². The van der Waals surface area contributed by atoms with Gasteiger partial charge in [-0.25, -0.2) is 0 Å². The number of fused-ring (bicyclic) bond motifs is 2. The fourth-order valence-electron chi connectivity index (χ4n) is 7.64. The van der Waals surface area contributed by atoms with E-state index in [1.54, 1.807) is 5.57 Å². The highest BCUT2D eigenvalue weighted by atomic mass is 14.7. The Labute approximate surface area is 125 Å². The molecular weight excluding hydrogens is 240 g/mol. The molecule has 1 spiro atoms. The van der Waals surface area contributed by atoms with Crippen molar-refractivity contribution in [3.8, 4) is 0 Å². The summed E-state index contributed by atoms with van der Waals surface area (Å²) in [7, 11) is 0. The van der Waals surface area contributed by atoms with Crippen molar-refractivity contribution in [2.75, 3.05) is 0 Å². The summed E-state index contributed by atoms with van der Waals surface area (Å²) in [4.78, 5) is 0. The second kappa shape index (κ2) is 3.93. The van der Waals surface area contributed by atoms with Gasteiger partial charge in [-0.2, -0.15) is 0 Å². The van der Waals surface area contributed by atoms with Crippen LogP contribution in [0.25, 0.3) is 0 Å². The maximum Gasteiger partial charge on any atom is -0.0197 e. The monoisotopic (exact) mass is 272 g/mol. The van der Waals surface area contributed by atoms with E-state index in [0.29, 0.717) is 16.2 Å². The zero-order chi connectivity index (χ0) is 14.2. The van der Waals surface area contributed by atoms with Crippen LogP contribution < -0.4 is 0 Å². The van der Waals surface area contributed by atoms with E-state index in [0.717, 1.165) is 17.8 Å². The van der Waals surface area contributed by atoms with Crippen LogP contribution in [-0.4, -0.2) is 0 Å². The van der Waals surface area contributed by atoms with Gasteiger partial charge in [-0.05, 0) is 85.4 Å². The molecule has 0 saturated heterocycles. The zero-order valence-corrected chi connectivity index (χ0v) is 13.8. The Hall–Kier alpha value is -0.260. The molecular formula is C20H32. The molecule has 0 aromatic carbocycles. The summed E-state index contributed by atoms with van der Waals surface area (Å²) in [5.41, 5.74) is 3.51. The molecule has 5 atom stereocenters. The van der Waals surface area contributed by atoms with Gasteiger partial charge in [0.1, 0.15) is 0 Å². The molecule has 0 unspecified atom stereocenters. The molecule has 0 aromatic rings. The van der Waals surface area contributed by atoms with E-state index in [2.05, 4.69) is 27.4 Å². The fraction of sp³-hybridized carbons (Fsp3) is 0.900. The summed E-state index contributed by atoms with van der Waals surface area (Å²) < 4.78 is 0. The average molecular weight is 272 g/mol. The highest BCUT2D eigenvalue weighted by molar-refractivity contribution is 5.22. The molecule has 0 aliphatic heterocycles. The molecule has 0 heterocycles. The van der Waals surface area contributed by atoms with Crippen LogP contribution in [0.2, 0.25) is 0 Å². The van der Waals surface area contributed by atoms with Crippen LogP contribution in [0.15, 0.2) is 12.2 Å². The van der Waals surface area contributed by atoms with E-state index in [-0.39, 0.29) is 0 Å². The predicted octanol–water partition coefficient (Wildman–Crippen LogP) is 5.98. The smallest absolute Gasteiger partial charge is 0.0197 e. The van der Waals surface area contributed by atoms with Crippen LogP contribution in [0.3, 0.4) is 0 Å². The molecule has 4 rings (SSSR count). The Morgan fingerprint density at radius 1 is 1.05 bits per heavy atom. The van der Waals surface area contributed by atoms with Gasteiger partial charge < -0.3 is 0 Å². The second-order valence-electron chi connectivity index (χ2n) is 9.54. The lowest BCUT2D eigenvalue weighted by molar-refractivity contribution is -0.155. The van der Waals surface area contributed by atoms with Crippen LogP contribution in [0.5, 0.6) is 0 Å². The maximum absolute atomic E-state index is 4.40. The summed E-state index contributed by atoms with van der Waals surface area (Å²) >= 11 is 0. The van der Waals surface area contributed by atoms with Crippen LogP contribution in [-0.2, 0) is 0 Å². The standard InChI is InChI=1S/C20H32/c1-14-8-11-20-13-15(14)12-16(20)6-7-17-18(2,3)9-5-10-19(17,20)4/h15-17H,1,5-13H2,2-4H3/t15-,16-,17-,19-,20+/m0/s1. The van der Waals surface area contributed by atoms with Gasteiger partial charge in [0.25, 0.3) is 0 Å². The molecule has 4 saturated carbocycles. The van der Waals surface area contributed by atoms with Crippen molar-refractivity contribution < 1.29 is 0 Å². The van der Waals surface area contributed by atoms with Crippen molar-refractivity contribution >= 4 is 0 Å². The quantitative estimate of drug-likeness (QED) is 0.476. The average Bonchev–Trinajstić information content (AvgIpc) is 2.70. The Kier molecular flexibility index (Phi) is 2.63. The van der Waals surface area contributed by atoms with Crippen molar-refractivity contribution in [3.63, 3.8) is 0 Å². The minimum atomic E-state index is 0.583. The largest absolute Gasteiger partial charge is 0.0996 e. The molecule has 4 aliphatic carbocycles. The van der Waals surface area contributed by atoms with E-state index in [9.17, 15) is 0 Å². The molecule has 20 heavy (non-hydrogen) atoms. The molecule has 0 aromatic heterocycles. The lowest BCUT2D eigenvalue weighted by atomic mass is 9.40. The first-order valence-corrected chi connectivity index (χ1v) is 9.07. The molecule has 0 radical (unpaired) electrons. The highest BCUT2D eigenvalue weighted by Crippen LogP contribution is 2.74. The summed E-state index contributed by atoms with van der Waals surface area (Å²) in [6.45, 7) is 12.3. The van der Waals surface area contributed by atoms with Gasteiger partial charge in [-0.15, -0.1) is 0 Å². The van der Waals surface area contributed by atoms with Crippen LogP contribution >= 0.6 is 0 Å². The van der Waals surface area contributed by atoms with Gasteiger partial charge in [0.15, 0.2) is 0 Å². The Balaban J connectivity index is 1.79. The highest BCUT2D eigenvalue weighted by Gasteiger charge is 2.65. The summed E-state index contributed by atoms with van der Waals surface area (Å²) in [6.07, 6.45) is 13.3. The molecule has 0 heteroatoms. The zero-order valence-electron chi connectivity index (χ0n) is 13.8. The maximum atomic E-state index is 4.40. The number of hydrogen-bond acceptors (Lipinski definition) is 0. The van der Waals surface area contributed by atoms with Crippen LogP contribution in [0.4, 0.5) is 0 Å². The van der Waals surface area contributed by atoms with Gasteiger partial charge in [-0.1, -0.05) is 39.3 Å². The first-order chi connectivity index (χ1) is 9.39. The molecule has 4 fully saturated rings. The first-order valence-electron chi connectivity index (χ1n) is 9.07. The minimum Gasteiger partial charge on any atom is -0.0996 e. The molecule has 112 valence electrons. The van der Waals surface area contributed by atoms with E-state index in [4.69, 9.17) is 0 Å². The SMILES string of the molecule is C=C1CC[C@@]23C[C@@H]1C[C@@H]2CC[C@H]1C(C)(C)CCC[C@@]13C. The number of allylic oxidation sites excluding steroid dienone is 1. The minimum absolute atomic E-state index is 0.583. The first kappa shape index (κ1) is 13.4. The van der Waals surface area contributed by atoms with Gasteiger partial charge in [0.05, 0.1) is 0 Å². The lowest BCUT2D eigenvalue weighted by Crippen LogP contribution is -2.57. The molecule has 0 nitrogen and oxygen atoms in total. The third kappa shape index (κ3) is 1.44. The molecule has 4 aliphatic rings. The third-order valence-electron chi connectivity index (χ3n) is 8.60. The van der Waals surface area contributed by atoms with E-state index in [1.807, 2.05) is 0 Å². The molecule has 0 amide bonds. The van der Waals surface area contributed by atoms with Crippen molar-refractivity contribution in [3.05, 3.63) is 12.2 Å². The summed E-state index contributed by atoms with van der Waals surface area (Å²) in [5.74, 6) is 2.89. The summed E-state index contributed by atoms with van der Waals surface area (Å²) in [6, 6.07) is 0. The van der Waals surface area contributed by atoms with Crippen molar-refractivity contribution in [1.82, 2.24) is 0 Å². The normalized spacial score (nSPS) is 53.4. The van der Waals surface area contributed by atoms with E-state index < -0.39 is 0 Å². The lowest BCUT2D eigenvalue weighted by Gasteiger charge is -2.65. The third-order valence-corrected chi connectivity index (χ3v) is 8.60. The van der Waals surface area contributed by atoms with Crippen molar-refractivity contribution in [2.45, 2.75) is 78.6 Å². The van der Waals surface area contributed by atoms with Gasteiger partial charge >= 0.3 is 0 Å². The van der Waals surface area contributed by atoms with Crippen LogP contribution in [0.1, 0.15) is 78.6 Å². The van der Waals surface area contributed by atoms with E-state index in [1.165, 1.54) is 57.8 Å². The Morgan fingerprint density at radius 3 is 2.65 bits per heavy atom. The van der Waals surface area contributed by atoms with Crippen molar-refractivity contribution in [2.24, 2.45) is 34.0 Å². The van der Waals surface area contributed by atoms with E-state index >= 15 is 0 Å². The predicted molar refractivity (Wildman–Crippen MR) is 85.5 cm³/mol. The number of rotatable bonds is 0. The van der Waals surface area contributed by atoms with Gasteiger partial charge in [0.2, 0.25) is 0 Å². The molecule has 2 bridgehead atoms. The van der Waals surface area contributed by atoms with Gasteiger partial charge in [-0.3, -0.25) is 0 Å². The topological polar surface area (TPSA) is 0 Å². The summed E-state index contributed by atoms with van der Waals surface area (Å²) in [5, 5.41) is 0. The number of hydrogen-bond donors (Lipinski definition) is 0. The van der Waals surface area contributed by atoms with Crippen LogP contribution in [0, 0.1) is 34.0 Å². The Morgan fingerprint density at radius 2 is 1.85 bits per heavy atom. The Bertz CT molecular complexity index is 445. The second-order valence-corrected chi connectivity index (χ2v) is 9.54. The fourth-order valence-corrected chi connectivity index (χ4v) is 7.64. The van der Waals surface area contributed by atoms with Crippen molar-refractivity contribution in [1.29, 1.82) is 0 Å². The molecule has 0 N–H and O–H groups in total.